The highest BCUT2D eigenvalue weighted by atomic mass is 32.1. The van der Waals surface area contributed by atoms with Gasteiger partial charge in [-0.3, -0.25) is 0 Å². The number of carbonyl (C=O) groups is 1. The first-order chi connectivity index (χ1) is 6.87. The number of rotatable bonds is 2. The van der Waals surface area contributed by atoms with Crippen molar-refractivity contribution in [1.82, 2.24) is 10.3 Å². The standard InChI is InChI=1S/C9H15N3O2S/c1-9(2,3)14-8(13)11-4-6-5-15-7(10)12-6/h5H,4H2,1-3H3,(H2,10,12)(H,11,13). The predicted molar refractivity (Wildman–Crippen MR) is 59.6 cm³/mol. The van der Waals surface area contributed by atoms with Crippen molar-refractivity contribution >= 4 is 22.6 Å². The maximum atomic E-state index is 11.2. The fourth-order valence-corrected chi connectivity index (χ4v) is 1.44. The third kappa shape index (κ3) is 4.64. The molecule has 15 heavy (non-hydrogen) atoms. The fraction of sp³-hybridized carbons (Fsp3) is 0.556. The normalized spacial score (nSPS) is 11.1. The summed E-state index contributed by atoms with van der Waals surface area (Å²) in [5.74, 6) is 0. The maximum Gasteiger partial charge on any atom is 0.407 e. The maximum absolute atomic E-state index is 11.2. The van der Waals surface area contributed by atoms with Crippen LogP contribution in [0.5, 0.6) is 0 Å². The van der Waals surface area contributed by atoms with Gasteiger partial charge in [0.25, 0.3) is 0 Å². The second-order valence-electron chi connectivity index (χ2n) is 4.03. The van der Waals surface area contributed by atoms with Crippen molar-refractivity contribution in [2.75, 3.05) is 5.73 Å². The van der Waals surface area contributed by atoms with Gasteiger partial charge in [0.15, 0.2) is 5.13 Å². The van der Waals surface area contributed by atoms with E-state index in [1.807, 2.05) is 20.8 Å². The molecule has 0 aliphatic carbocycles. The Morgan fingerprint density at radius 1 is 1.67 bits per heavy atom. The van der Waals surface area contributed by atoms with Crippen molar-refractivity contribution in [3.05, 3.63) is 11.1 Å². The topological polar surface area (TPSA) is 77.2 Å². The molecule has 0 unspecified atom stereocenters. The third-order valence-electron chi connectivity index (χ3n) is 1.38. The summed E-state index contributed by atoms with van der Waals surface area (Å²) in [4.78, 5) is 15.3. The van der Waals surface area contributed by atoms with E-state index in [9.17, 15) is 4.79 Å². The Kier molecular flexibility index (Phi) is 3.52. The molecule has 0 aromatic carbocycles. The average Bonchev–Trinajstić information content (AvgIpc) is 2.45. The zero-order valence-corrected chi connectivity index (χ0v) is 9.85. The Bertz CT molecular complexity index is 343. The molecule has 0 radical (unpaired) electrons. The Morgan fingerprint density at radius 2 is 2.33 bits per heavy atom. The zero-order valence-electron chi connectivity index (χ0n) is 9.03. The molecule has 0 aliphatic heterocycles. The lowest BCUT2D eigenvalue weighted by Crippen LogP contribution is -2.32. The second kappa shape index (κ2) is 4.48. The molecular formula is C9H15N3O2S. The smallest absolute Gasteiger partial charge is 0.407 e. The molecule has 5 nitrogen and oxygen atoms in total. The molecule has 1 heterocycles. The van der Waals surface area contributed by atoms with Crippen LogP contribution in [0.25, 0.3) is 0 Å². The van der Waals surface area contributed by atoms with Crippen molar-refractivity contribution in [3.8, 4) is 0 Å². The van der Waals surface area contributed by atoms with Crippen LogP contribution in [0.15, 0.2) is 5.38 Å². The van der Waals surface area contributed by atoms with Gasteiger partial charge in [-0.15, -0.1) is 11.3 Å². The van der Waals surface area contributed by atoms with Gasteiger partial charge in [0.05, 0.1) is 12.2 Å². The van der Waals surface area contributed by atoms with Crippen LogP contribution in [0, 0.1) is 0 Å². The van der Waals surface area contributed by atoms with Crippen molar-refractivity contribution in [1.29, 1.82) is 0 Å². The molecule has 0 fully saturated rings. The summed E-state index contributed by atoms with van der Waals surface area (Å²) in [7, 11) is 0. The highest BCUT2D eigenvalue weighted by Gasteiger charge is 2.15. The van der Waals surface area contributed by atoms with Crippen molar-refractivity contribution in [2.45, 2.75) is 32.9 Å². The molecule has 0 bridgehead atoms. The van der Waals surface area contributed by atoms with E-state index in [0.29, 0.717) is 11.7 Å². The summed E-state index contributed by atoms with van der Waals surface area (Å²) in [6, 6.07) is 0. The van der Waals surface area contributed by atoms with Gasteiger partial charge in [0, 0.05) is 5.38 Å². The van der Waals surface area contributed by atoms with Gasteiger partial charge in [-0.2, -0.15) is 0 Å². The summed E-state index contributed by atoms with van der Waals surface area (Å²) in [5.41, 5.74) is 5.71. The second-order valence-corrected chi connectivity index (χ2v) is 4.92. The Morgan fingerprint density at radius 3 is 2.80 bits per heavy atom. The highest BCUT2D eigenvalue weighted by Crippen LogP contribution is 2.11. The van der Waals surface area contributed by atoms with Gasteiger partial charge in [0.1, 0.15) is 5.60 Å². The van der Waals surface area contributed by atoms with Crippen molar-refractivity contribution < 1.29 is 9.53 Å². The van der Waals surface area contributed by atoms with Gasteiger partial charge < -0.3 is 15.8 Å². The van der Waals surface area contributed by atoms with E-state index < -0.39 is 11.7 Å². The average molecular weight is 229 g/mol. The summed E-state index contributed by atoms with van der Waals surface area (Å²) >= 11 is 1.34. The van der Waals surface area contributed by atoms with Crippen LogP contribution in [0.4, 0.5) is 9.93 Å². The zero-order chi connectivity index (χ0) is 11.5. The largest absolute Gasteiger partial charge is 0.444 e. The van der Waals surface area contributed by atoms with Gasteiger partial charge in [0.2, 0.25) is 0 Å². The summed E-state index contributed by atoms with van der Waals surface area (Å²) < 4.78 is 5.06. The van der Waals surface area contributed by atoms with Crippen LogP contribution < -0.4 is 11.1 Å². The number of hydrogen-bond acceptors (Lipinski definition) is 5. The van der Waals surface area contributed by atoms with Gasteiger partial charge in [-0.25, -0.2) is 9.78 Å². The Labute approximate surface area is 92.6 Å². The number of ether oxygens (including phenoxy) is 1. The lowest BCUT2D eigenvalue weighted by atomic mass is 10.2. The van der Waals surface area contributed by atoms with Crippen molar-refractivity contribution in [3.63, 3.8) is 0 Å². The summed E-state index contributed by atoms with van der Waals surface area (Å²) in [5, 5.41) is 4.89. The number of nitrogens with zero attached hydrogens (tertiary/aromatic N) is 1. The van der Waals surface area contributed by atoms with E-state index in [1.54, 1.807) is 5.38 Å². The number of carbonyl (C=O) groups excluding carboxylic acids is 1. The first-order valence-corrected chi connectivity index (χ1v) is 5.41. The SMILES string of the molecule is CC(C)(C)OC(=O)NCc1csc(N)n1. The van der Waals surface area contributed by atoms with Crippen LogP contribution in [-0.4, -0.2) is 16.7 Å². The quantitative estimate of drug-likeness (QED) is 0.810. The van der Waals surface area contributed by atoms with E-state index in [1.165, 1.54) is 11.3 Å². The van der Waals surface area contributed by atoms with Crippen LogP contribution in [-0.2, 0) is 11.3 Å². The molecule has 6 heteroatoms. The first kappa shape index (κ1) is 11.8. The van der Waals surface area contributed by atoms with Crippen LogP contribution in [0.2, 0.25) is 0 Å². The minimum absolute atomic E-state index is 0.336. The molecule has 1 aromatic heterocycles. The molecule has 0 saturated heterocycles. The number of nitrogen functional groups attached to an aromatic ring is 1. The molecule has 1 rings (SSSR count). The van der Waals surface area contributed by atoms with Gasteiger partial charge in [-0.1, -0.05) is 0 Å². The summed E-state index contributed by atoms with van der Waals surface area (Å²) in [6.45, 7) is 5.77. The van der Waals surface area contributed by atoms with E-state index in [0.717, 1.165) is 5.69 Å². The number of thiazole rings is 1. The third-order valence-corrected chi connectivity index (χ3v) is 2.10. The molecular weight excluding hydrogens is 214 g/mol. The Balaban J connectivity index is 2.35. The number of nitrogens with one attached hydrogen (secondary N) is 1. The molecule has 0 spiro atoms. The first-order valence-electron chi connectivity index (χ1n) is 4.53. The van der Waals surface area contributed by atoms with E-state index in [4.69, 9.17) is 10.5 Å². The lowest BCUT2D eigenvalue weighted by molar-refractivity contribution is 0.0523. The molecule has 0 saturated carbocycles. The molecule has 1 amide bonds. The lowest BCUT2D eigenvalue weighted by Gasteiger charge is -2.19. The number of anilines is 1. The number of aromatic nitrogens is 1. The van der Waals surface area contributed by atoms with Crippen LogP contribution >= 0.6 is 11.3 Å². The van der Waals surface area contributed by atoms with E-state index in [2.05, 4.69) is 10.3 Å². The van der Waals surface area contributed by atoms with E-state index >= 15 is 0 Å². The molecule has 0 aliphatic rings. The minimum Gasteiger partial charge on any atom is -0.444 e. The molecule has 84 valence electrons. The van der Waals surface area contributed by atoms with Crippen LogP contribution in [0.1, 0.15) is 26.5 Å². The monoisotopic (exact) mass is 229 g/mol. The predicted octanol–water partition coefficient (Wildman–Crippen LogP) is 1.75. The fourth-order valence-electron chi connectivity index (χ4n) is 0.881. The Hall–Kier alpha value is -1.30. The van der Waals surface area contributed by atoms with Gasteiger partial charge >= 0.3 is 6.09 Å². The van der Waals surface area contributed by atoms with Crippen molar-refractivity contribution in [2.24, 2.45) is 0 Å². The summed E-state index contributed by atoms with van der Waals surface area (Å²) in [6.07, 6.45) is -0.450. The van der Waals surface area contributed by atoms with E-state index in [-0.39, 0.29) is 0 Å². The molecule has 0 atom stereocenters. The number of alkyl carbamates (subject to hydrolysis) is 1. The number of nitrogens with two attached hydrogens (primary N) is 1. The minimum atomic E-state index is -0.481. The number of hydrogen-bond donors (Lipinski definition) is 2. The molecule has 1 aromatic rings. The van der Waals surface area contributed by atoms with Gasteiger partial charge in [-0.05, 0) is 20.8 Å². The molecule has 3 N–H and O–H groups in total. The van der Waals surface area contributed by atoms with Crippen LogP contribution in [0.3, 0.4) is 0 Å². The number of amides is 1. The highest BCUT2D eigenvalue weighted by molar-refractivity contribution is 7.13.